The molecule has 0 radical (unpaired) electrons. The van der Waals surface area contributed by atoms with E-state index < -0.39 is 5.82 Å². The van der Waals surface area contributed by atoms with Crippen LogP contribution in [0.4, 0.5) is 26.7 Å². The molecule has 0 saturated heterocycles. The maximum atomic E-state index is 13.3. The van der Waals surface area contributed by atoms with Crippen LogP contribution in [0, 0.1) is 5.82 Å². The van der Waals surface area contributed by atoms with Gasteiger partial charge in [0, 0.05) is 17.9 Å². The van der Waals surface area contributed by atoms with Crippen LogP contribution in [0.1, 0.15) is 5.56 Å². The minimum atomic E-state index is -0.472. The van der Waals surface area contributed by atoms with Gasteiger partial charge in [-0.1, -0.05) is 35.1 Å². The highest BCUT2D eigenvalue weighted by atomic mass is 35.5. The predicted molar refractivity (Wildman–Crippen MR) is 108 cm³/mol. The van der Waals surface area contributed by atoms with Crippen molar-refractivity contribution in [3.05, 3.63) is 65.2 Å². The molecule has 0 aliphatic rings. The second kappa shape index (κ2) is 7.43. The molecule has 0 unspecified atom stereocenters. The van der Waals surface area contributed by atoms with Crippen LogP contribution in [-0.4, -0.2) is 15.0 Å². The molecule has 0 atom stereocenters. The summed E-state index contributed by atoms with van der Waals surface area (Å²) in [6.07, 6.45) is 1.43. The number of nitrogens with zero attached hydrogens (tertiary/aromatic N) is 3. The number of benzene rings is 2. The monoisotopic (exact) mass is 400 g/mol. The van der Waals surface area contributed by atoms with E-state index in [-0.39, 0.29) is 5.02 Å². The van der Waals surface area contributed by atoms with Gasteiger partial charge in [0.15, 0.2) is 16.6 Å². The standard InChI is InChI=1S/C18H14ClFN6S/c19-13-7-12(5-6-14(13)20)24-16-15-17(23-9-22-16)26-18(27-15)25-11-3-1-10(8-21)2-4-11/h1-7,9H,8,21H2,(H2,22,23,24,25,26). The number of thiazole rings is 1. The lowest BCUT2D eigenvalue weighted by Gasteiger charge is -2.06. The smallest absolute Gasteiger partial charge is 0.189 e. The van der Waals surface area contributed by atoms with Crippen LogP contribution in [0.5, 0.6) is 0 Å². The second-order valence-corrected chi connectivity index (χ2v) is 7.08. The molecule has 136 valence electrons. The Morgan fingerprint density at radius 3 is 2.56 bits per heavy atom. The third-order valence-corrected chi connectivity index (χ3v) is 5.07. The highest BCUT2D eigenvalue weighted by molar-refractivity contribution is 7.22. The Morgan fingerprint density at radius 1 is 1.04 bits per heavy atom. The fraction of sp³-hybridized carbons (Fsp3) is 0.0556. The molecule has 0 bridgehead atoms. The summed E-state index contributed by atoms with van der Waals surface area (Å²) < 4.78 is 14.1. The van der Waals surface area contributed by atoms with Gasteiger partial charge in [-0.3, -0.25) is 0 Å². The highest BCUT2D eigenvalue weighted by Crippen LogP contribution is 2.33. The summed E-state index contributed by atoms with van der Waals surface area (Å²) in [5.74, 6) is 0.103. The van der Waals surface area contributed by atoms with Crippen LogP contribution in [0.2, 0.25) is 5.02 Å². The van der Waals surface area contributed by atoms with Crippen LogP contribution in [-0.2, 0) is 6.54 Å². The number of hydrogen-bond acceptors (Lipinski definition) is 7. The second-order valence-electron chi connectivity index (χ2n) is 5.67. The Balaban J connectivity index is 1.62. The van der Waals surface area contributed by atoms with Crippen molar-refractivity contribution >= 4 is 55.6 Å². The zero-order valence-electron chi connectivity index (χ0n) is 13.9. The Bertz CT molecular complexity index is 1100. The molecule has 4 aromatic rings. The summed E-state index contributed by atoms with van der Waals surface area (Å²) in [5, 5.41) is 7.11. The Hall–Kier alpha value is -2.81. The van der Waals surface area contributed by atoms with E-state index in [1.54, 1.807) is 6.07 Å². The molecule has 2 heterocycles. The number of halogens is 2. The summed E-state index contributed by atoms with van der Waals surface area (Å²) in [6.45, 7) is 0.499. The van der Waals surface area contributed by atoms with Crippen LogP contribution in [0.3, 0.4) is 0 Å². The molecule has 0 spiro atoms. The number of nitrogens with two attached hydrogens (primary N) is 1. The third kappa shape index (κ3) is 3.82. The molecule has 2 aromatic carbocycles. The van der Waals surface area contributed by atoms with Crippen molar-refractivity contribution in [2.75, 3.05) is 10.6 Å². The zero-order valence-corrected chi connectivity index (χ0v) is 15.5. The van der Waals surface area contributed by atoms with Gasteiger partial charge in [0.1, 0.15) is 16.8 Å². The van der Waals surface area contributed by atoms with Crippen molar-refractivity contribution < 1.29 is 4.39 Å². The first-order valence-electron chi connectivity index (χ1n) is 8.02. The lowest BCUT2D eigenvalue weighted by atomic mass is 10.2. The molecule has 0 saturated carbocycles. The first-order chi connectivity index (χ1) is 13.1. The average Bonchev–Trinajstić information content (AvgIpc) is 3.09. The molecule has 6 nitrogen and oxygen atoms in total. The molecule has 4 rings (SSSR count). The van der Waals surface area contributed by atoms with Gasteiger partial charge < -0.3 is 16.4 Å². The van der Waals surface area contributed by atoms with Crippen molar-refractivity contribution in [2.45, 2.75) is 6.54 Å². The number of hydrogen-bond donors (Lipinski definition) is 3. The summed E-state index contributed by atoms with van der Waals surface area (Å²) in [4.78, 5) is 13.0. The number of fused-ring (bicyclic) bond motifs is 1. The summed E-state index contributed by atoms with van der Waals surface area (Å²) >= 11 is 7.25. The minimum Gasteiger partial charge on any atom is -0.339 e. The fourth-order valence-electron chi connectivity index (χ4n) is 2.45. The van der Waals surface area contributed by atoms with Crippen molar-refractivity contribution in [1.29, 1.82) is 0 Å². The van der Waals surface area contributed by atoms with E-state index >= 15 is 0 Å². The van der Waals surface area contributed by atoms with E-state index in [1.165, 1.54) is 29.8 Å². The Labute approximate surface area is 163 Å². The number of aromatic nitrogens is 3. The Morgan fingerprint density at radius 2 is 1.81 bits per heavy atom. The number of rotatable bonds is 5. The predicted octanol–water partition coefficient (Wildman–Crippen LogP) is 4.82. The molecule has 9 heteroatoms. The highest BCUT2D eigenvalue weighted by Gasteiger charge is 2.12. The molecule has 4 N–H and O–H groups in total. The molecule has 0 amide bonds. The molecule has 0 aliphatic heterocycles. The molecular formula is C18H14ClFN6S. The normalized spacial score (nSPS) is 10.9. The molecular weight excluding hydrogens is 387 g/mol. The summed E-state index contributed by atoms with van der Waals surface area (Å²) in [6, 6.07) is 12.2. The van der Waals surface area contributed by atoms with Gasteiger partial charge in [0.05, 0.1) is 5.02 Å². The van der Waals surface area contributed by atoms with Crippen molar-refractivity contribution in [3.63, 3.8) is 0 Å². The van der Waals surface area contributed by atoms with Gasteiger partial charge in [0.25, 0.3) is 0 Å². The molecule has 0 aliphatic carbocycles. The van der Waals surface area contributed by atoms with Crippen LogP contribution in [0.15, 0.2) is 48.8 Å². The zero-order chi connectivity index (χ0) is 18.8. The fourth-order valence-corrected chi connectivity index (χ4v) is 3.52. The van der Waals surface area contributed by atoms with E-state index in [2.05, 4.69) is 25.6 Å². The number of anilines is 4. The van der Waals surface area contributed by atoms with Gasteiger partial charge in [-0.15, -0.1) is 0 Å². The van der Waals surface area contributed by atoms with Crippen LogP contribution < -0.4 is 16.4 Å². The van der Waals surface area contributed by atoms with E-state index in [9.17, 15) is 4.39 Å². The van der Waals surface area contributed by atoms with Crippen molar-refractivity contribution in [3.8, 4) is 0 Å². The van der Waals surface area contributed by atoms with Gasteiger partial charge in [-0.25, -0.2) is 14.4 Å². The minimum absolute atomic E-state index is 0.0397. The third-order valence-electron chi connectivity index (χ3n) is 3.81. The lowest BCUT2D eigenvalue weighted by molar-refractivity contribution is 0.628. The molecule has 27 heavy (non-hydrogen) atoms. The molecule has 2 aromatic heterocycles. The quantitative estimate of drug-likeness (QED) is 0.445. The van der Waals surface area contributed by atoms with E-state index in [0.717, 1.165) is 16.0 Å². The summed E-state index contributed by atoms with van der Waals surface area (Å²) in [5.41, 5.74) is 8.77. The van der Waals surface area contributed by atoms with E-state index in [0.29, 0.717) is 28.8 Å². The van der Waals surface area contributed by atoms with Crippen molar-refractivity contribution in [1.82, 2.24) is 15.0 Å². The van der Waals surface area contributed by atoms with E-state index in [1.807, 2.05) is 24.3 Å². The maximum absolute atomic E-state index is 13.3. The summed E-state index contributed by atoms with van der Waals surface area (Å²) in [7, 11) is 0. The molecule has 0 fully saturated rings. The number of nitrogens with one attached hydrogen (secondary N) is 2. The average molecular weight is 401 g/mol. The lowest BCUT2D eigenvalue weighted by Crippen LogP contribution is -1.96. The van der Waals surface area contributed by atoms with Crippen LogP contribution >= 0.6 is 22.9 Å². The van der Waals surface area contributed by atoms with Gasteiger partial charge in [-0.05, 0) is 35.9 Å². The van der Waals surface area contributed by atoms with Gasteiger partial charge >= 0.3 is 0 Å². The Kier molecular flexibility index (Phi) is 4.85. The SMILES string of the molecule is NCc1ccc(Nc2nc3ncnc(Nc4ccc(F)c(Cl)c4)c3s2)cc1. The topological polar surface area (TPSA) is 88.8 Å². The largest absolute Gasteiger partial charge is 0.339 e. The maximum Gasteiger partial charge on any atom is 0.189 e. The van der Waals surface area contributed by atoms with E-state index in [4.69, 9.17) is 17.3 Å². The first kappa shape index (κ1) is 17.6. The van der Waals surface area contributed by atoms with Crippen molar-refractivity contribution in [2.24, 2.45) is 5.73 Å². The van der Waals surface area contributed by atoms with Crippen LogP contribution in [0.25, 0.3) is 10.3 Å². The first-order valence-corrected chi connectivity index (χ1v) is 9.21. The van der Waals surface area contributed by atoms with Gasteiger partial charge in [-0.2, -0.15) is 4.98 Å². The van der Waals surface area contributed by atoms with Gasteiger partial charge in [0.2, 0.25) is 0 Å².